The van der Waals surface area contributed by atoms with Crippen LogP contribution in [-0.4, -0.2) is 45.7 Å². The van der Waals surface area contributed by atoms with Gasteiger partial charge in [0.05, 0.1) is 18.2 Å². The molecule has 0 saturated heterocycles. The molecule has 7 nitrogen and oxygen atoms in total. The number of nitrogens with zero attached hydrogens (tertiary/aromatic N) is 3. The lowest BCUT2D eigenvalue weighted by Gasteiger charge is -2.14. The minimum atomic E-state index is -0.249. The maximum absolute atomic E-state index is 12.6. The van der Waals surface area contributed by atoms with E-state index < -0.39 is 0 Å². The number of hydrogen-bond donors (Lipinski definition) is 0. The van der Waals surface area contributed by atoms with Crippen molar-refractivity contribution in [2.75, 3.05) is 13.7 Å². The Balaban J connectivity index is 1.37. The maximum Gasteiger partial charge on any atom is 0.261 e. The van der Waals surface area contributed by atoms with Gasteiger partial charge in [0, 0.05) is 30.9 Å². The fraction of sp³-hybridized carbons (Fsp3) is 0.143. The number of ketones is 1. The first-order valence-electron chi connectivity index (χ1n) is 11.3. The van der Waals surface area contributed by atoms with E-state index in [1.165, 1.54) is 11.8 Å². The standard InChI is InChI=1S/C28H23N3O4/c1-18(32)25-17-31(26(29-25)20-9-13-22(35-2)14-10-20)21-11-7-19(8-12-21)15-16-30-27(33)23-5-3-4-6-24(23)28(30)34/h3-14,17H,15-16H2,1-2H3. The largest absolute Gasteiger partial charge is 0.497 e. The minimum Gasteiger partial charge on any atom is -0.497 e. The highest BCUT2D eigenvalue weighted by molar-refractivity contribution is 6.21. The highest BCUT2D eigenvalue weighted by Gasteiger charge is 2.34. The molecule has 2 heterocycles. The zero-order chi connectivity index (χ0) is 24.5. The van der Waals surface area contributed by atoms with Crippen LogP contribution in [0.5, 0.6) is 5.75 Å². The number of rotatable bonds is 7. The van der Waals surface area contributed by atoms with Gasteiger partial charge in [-0.25, -0.2) is 4.98 Å². The molecular weight excluding hydrogens is 442 g/mol. The number of imidazole rings is 1. The second kappa shape index (κ2) is 9.02. The average molecular weight is 466 g/mol. The first-order chi connectivity index (χ1) is 17.0. The third-order valence-electron chi connectivity index (χ3n) is 6.13. The number of methoxy groups -OCH3 is 1. The smallest absolute Gasteiger partial charge is 0.261 e. The first-order valence-corrected chi connectivity index (χ1v) is 11.3. The maximum atomic E-state index is 12.6. The molecule has 0 N–H and O–H groups in total. The lowest BCUT2D eigenvalue weighted by molar-refractivity contribution is 0.0655. The van der Waals surface area contributed by atoms with Crippen molar-refractivity contribution in [3.05, 3.63) is 101 Å². The summed E-state index contributed by atoms with van der Waals surface area (Å²) in [5.74, 6) is 0.775. The molecule has 1 aromatic heterocycles. The van der Waals surface area contributed by atoms with Crippen molar-refractivity contribution in [2.24, 2.45) is 0 Å². The highest BCUT2D eigenvalue weighted by atomic mass is 16.5. The van der Waals surface area contributed by atoms with E-state index in [0.717, 1.165) is 22.6 Å². The quantitative estimate of drug-likeness (QED) is 0.295. The normalized spacial score (nSPS) is 12.7. The molecular formula is C28H23N3O4. The number of fused-ring (bicyclic) bond motifs is 1. The van der Waals surface area contributed by atoms with Gasteiger partial charge in [-0.2, -0.15) is 0 Å². The van der Waals surface area contributed by atoms with Crippen LogP contribution in [0.1, 0.15) is 43.7 Å². The molecule has 1 aliphatic rings. The van der Waals surface area contributed by atoms with Crippen molar-refractivity contribution in [2.45, 2.75) is 13.3 Å². The minimum absolute atomic E-state index is 0.115. The van der Waals surface area contributed by atoms with E-state index in [9.17, 15) is 14.4 Å². The topological polar surface area (TPSA) is 81.5 Å². The van der Waals surface area contributed by atoms with E-state index in [2.05, 4.69) is 4.98 Å². The van der Waals surface area contributed by atoms with Crippen LogP contribution in [-0.2, 0) is 6.42 Å². The molecule has 0 spiro atoms. The zero-order valence-corrected chi connectivity index (χ0v) is 19.4. The van der Waals surface area contributed by atoms with Gasteiger partial charge in [-0.3, -0.25) is 23.9 Å². The van der Waals surface area contributed by atoms with Crippen LogP contribution in [0.2, 0.25) is 0 Å². The summed E-state index contributed by atoms with van der Waals surface area (Å²) in [5, 5.41) is 0. The van der Waals surface area contributed by atoms with Gasteiger partial charge in [0.1, 0.15) is 17.3 Å². The van der Waals surface area contributed by atoms with Crippen LogP contribution < -0.4 is 4.74 Å². The summed E-state index contributed by atoms with van der Waals surface area (Å²) in [6.45, 7) is 1.80. The molecule has 3 aromatic carbocycles. The summed E-state index contributed by atoms with van der Waals surface area (Å²) in [6, 6.07) is 22.2. The number of Topliss-reactive ketones (excluding diaryl/α,β-unsaturated/α-hetero) is 1. The second-order valence-corrected chi connectivity index (χ2v) is 8.33. The van der Waals surface area contributed by atoms with Gasteiger partial charge in [-0.05, 0) is 60.5 Å². The van der Waals surface area contributed by atoms with Crippen LogP contribution >= 0.6 is 0 Å². The summed E-state index contributed by atoms with van der Waals surface area (Å²) < 4.78 is 7.12. The molecule has 7 heteroatoms. The van der Waals surface area contributed by atoms with Gasteiger partial charge in [0.25, 0.3) is 11.8 Å². The predicted octanol–water partition coefficient (Wildman–Crippen LogP) is 4.59. The van der Waals surface area contributed by atoms with E-state index in [1.807, 2.05) is 53.1 Å². The number of imide groups is 1. The molecule has 1 aliphatic heterocycles. The molecule has 0 unspecified atom stereocenters. The number of benzene rings is 3. The zero-order valence-electron chi connectivity index (χ0n) is 19.4. The van der Waals surface area contributed by atoms with E-state index in [4.69, 9.17) is 4.74 Å². The molecule has 0 fully saturated rings. The van der Waals surface area contributed by atoms with Gasteiger partial charge < -0.3 is 4.74 Å². The Morgan fingerprint density at radius 3 is 2.09 bits per heavy atom. The van der Waals surface area contributed by atoms with Gasteiger partial charge in [0.2, 0.25) is 0 Å². The average Bonchev–Trinajstić information content (AvgIpc) is 3.44. The van der Waals surface area contributed by atoms with Crippen molar-refractivity contribution < 1.29 is 19.1 Å². The summed E-state index contributed by atoms with van der Waals surface area (Å²) in [7, 11) is 1.61. The molecule has 0 radical (unpaired) electrons. The highest BCUT2D eigenvalue weighted by Crippen LogP contribution is 2.26. The predicted molar refractivity (Wildman–Crippen MR) is 131 cm³/mol. The Morgan fingerprint density at radius 2 is 1.51 bits per heavy atom. The Hall–Kier alpha value is -4.52. The summed E-state index contributed by atoms with van der Waals surface area (Å²) in [5.41, 5.74) is 3.99. The van der Waals surface area contributed by atoms with Crippen molar-refractivity contribution in [3.63, 3.8) is 0 Å². The number of amides is 2. The van der Waals surface area contributed by atoms with E-state index >= 15 is 0 Å². The number of carbonyl (C=O) groups is 3. The first kappa shape index (κ1) is 22.3. The Morgan fingerprint density at radius 1 is 0.886 bits per heavy atom. The molecule has 174 valence electrons. The molecule has 4 aromatic rings. The van der Waals surface area contributed by atoms with Gasteiger partial charge in [-0.1, -0.05) is 24.3 Å². The monoisotopic (exact) mass is 465 g/mol. The SMILES string of the molecule is COc1ccc(-c2nc(C(C)=O)cn2-c2ccc(CCN3C(=O)c4ccccc4C3=O)cc2)cc1. The molecule has 35 heavy (non-hydrogen) atoms. The fourth-order valence-corrected chi connectivity index (χ4v) is 4.20. The van der Waals surface area contributed by atoms with Crippen LogP contribution in [0.15, 0.2) is 79.0 Å². The van der Waals surface area contributed by atoms with Crippen LogP contribution in [0.3, 0.4) is 0 Å². The van der Waals surface area contributed by atoms with Crippen molar-refractivity contribution >= 4 is 17.6 Å². The molecule has 0 atom stereocenters. The van der Waals surface area contributed by atoms with Crippen molar-refractivity contribution in [1.82, 2.24) is 14.5 Å². The fourth-order valence-electron chi connectivity index (χ4n) is 4.20. The number of aromatic nitrogens is 2. The Bertz CT molecular complexity index is 1400. The van der Waals surface area contributed by atoms with Crippen LogP contribution in [0, 0.1) is 0 Å². The molecule has 0 saturated carbocycles. The summed E-state index contributed by atoms with van der Waals surface area (Å²) >= 11 is 0. The van der Waals surface area contributed by atoms with E-state index in [0.29, 0.717) is 35.6 Å². The van der Waals surface area contributed by atoms with E-state index in [-0.39, 0.29) is 17.6 Å². The molecule has 0 bridgehead atoms. The Kier molecular flexibility index (Phi) is 5.74. The molecule has 5 rings (SSSR count). The second-order valence-electron chi connectivity index (χ2n) is 8.33. The van der Waals surface area contributed by atoms with E-state index in [1.54, 1.807) is 37.6 Å². The summed E-state index contributed by atoms with van der Waals surface area (Å²) in [6.07, 6.45) is 2.27. The number of hydrogen-bond acceptors (Lipinski definition) is 5. The summed E-state index contributed by atoms with van der Waals surface area (Å²) in [4.78, 5) is 43.1. The number of carbonyl (C=O) groups excluding carboxylic acids is 3. The molecule has 2 amide bonds. The van der Waals surface area contributed by atoms with Gasteiger partial charge >= 0.3 is 0 Å². The van der Waals surface area contributed by atoms with Crippen molar-refractivity contribution in [1.29, 1.82) is 0 Å². The van der Waals surface area contributed by atoms with Crippen LogP contribution in [0.4, 0.5) is 0 Å². The third kappa shape index (κ3) is 4.12. The van der Waals surface area contributed by atoms with Crippen molar-refractivity contribution in [3.8, 4) is 22.8 Å². The number of ether oxygens (including phenoxy) is 1. The van der Waals surface area contributed by atoms with Crippen LogP contribution in [0.25, 0.3) is 17.1 Å². The molecule has 0 aliphatic carbocycles. The lowest BCUT2D eigenvalue weighted by Crippen LogP contribution is -2.31. The van der Waals surface area contributed by atoms with Gasteiger partial charge in [0.15, 0.2) is 5.78 Å². The Labute approximate surface area is 202 Å². The lowest BCUT2D eigenvalue weighted by atomic mass is 10.1. The third-order valence-corrected chi connectivity index (χ3v) is 6.13. The van der Waals surface area contributed by atoms with Gasteiger partial charge in [-0.15, -0.1) is 0 Å².